The van der Waals surface area contributed by atoms with E-state index in [0.717, 1.165) is 0 Å². The van der Waals surface area contributed by atoms with Crippen molar-refractivity contribution in [3.05, 3.63) is 52.4 Å². The number of rotatable bonds is 4. The van der Waals surface area contributed by atoms with Crippen molar-refractivity contribution in [2.75, 3.05) is 5.32 Å². The Morgan fingerprint density at radius 2 is 2.24 bits per heavy atom. The molecule has 1 amide bonds. The zero-order valence-corrected chi connectivity index (χ0v) is 13.8. The molecule has 128 valence electrons. The summed E-state index contributed by atoms with van der Waals surface area (Å²) in [6.07, 6.45) is 2.89. The van der Waals surface area contributed by atoms with Gasteiger partial charge < -0.3 is 4.98 Å². The van der Waals surface area contributed by atoms with E-state index in [1.807, 2.05) is 5.48 Å². The molecule has 12 heteroatoms. The van der Waals surface area contributed by atoms with Crippen LogP contribution in [0.25, 0.3) is 0 Å². The first-order valence-corrected chi connectivity index (χ1v) is 7.45. The van der Waals surface area contributed by atoms with E-state index in [2.05, 4.69) is 51.1 Å². The maximum Gasteiger partial charge on any atom is 0.292 e. The predicted molar refractivity (Wildman–Crippen MR) is 86.1 cm³/mol. The largest absolute Gasteiger partial charge is 0.341 e. The van der Waals surface area contributed by atoms with Gasteiger partial charge in [-0.2, -0.15) is 0 Å². The smallest absolute Gasteiger partial charge is 0.292 e. The maximum absolute atomic E-state index is 13.3. The number of benzene rings is 1. The Morgan fingerprint density at radius 1 is 1.40 bits per heavy atom. The second-order valence-corrected chi connectivity index (χ2v) is 5.38. The number of carbonyl (C=O) groups excluding carboxylic acids is 1. The summed E-state index contributed by atoms with van der Waals surface area (Å²) in [6.45, 7) is 0. The van der Waals surface area contributed by atoms with E-state index in [0.29, 0.717) is 5.69 Å². The number of carbonyl (C=O) groups is 1. The molecule has 25 heavy (non-hydrogen) atoms. The molecule has 0 unspecified atom stereocenters. The second kappa shape index (κ2) is 7.19. The van der Waals surface area contributed by atoms with Gasteiger partial charge in [0.05, 0.1) is 10.2 Å². The lowest BCUT2D eigenvalue weighted by atomic mass is 10.3. The van der Waals surface area contributed by atoms with Crippen molar-refractivity contribution in [1.29, 1.82) is 0 Å². The molecule has 0 bridgehead atoms. The van der Waals surface area contributed by atoms with Crippen molar-refractivity contribution in [3.63, 3.8) is 0 Å². The third-order valence-corrected chi connectivity index (χ3v) is 3.52. The second-order valence-electron chi connectivity index (χ2n) is 4.52. The van der Waals surface area contributed by atoms with Crippen molar-refractivity contribution in [3.8, 4) is 0 Å². The monoisotopic (exact) mass is 409 g/mol. The van der Waals surface area contributed by atoms with Crippen molar-refractivity contribution < 1.29 is 19.0 Å². The van der Waals surface area contributed by atoms with E-state index in [-0.39, 0.29) is 27.6 Å². The highest BCUT2D eigenvalue weighted by molar-refractivity contribution is 9.10. The van der Waals surface area contributed by atoms with Gasteiger partial charge in [-0.1, -0.05) is 0 Å². The molecule has 0 saturated heterocycles. The lowest BCUT2D eigenvalue weighted by Gasteiger charge is -2.04. The van der Waals surface area contributed by atoms with Gasteiger partial charge in [-0.25, -0.2) is 19.0 Å². The lowest BCUT2D eigenvalue weighted by Crippen LogP contribution is -2.23. The first-order chi connectivity index (χ1) is 12.1. The fraction of sp³-hybridized carbons (Fsp3) is 0. The molecule has 0 atom stereocenters. The molecular formula is C13H9BrFN7O3. The van der Waals surface area contributed by atoms with Gasteiger partial charge in [0.25, 0.3) is 5.91 Å². The van der Waals surface area contributed by atoms with E-state index < -0.39 is 11.7 Å². The summed E-state index contributed by atoms with van der Waals surface area (Å²) >= 11 is 3.03. The van der Waals surface area contributed by atoms with E-state index in [9.17, 15) is 14.4 Å². The van der Waals surface area contributed by atoms with Crippen molar-refractivity contribution in [2.45, 2.75) is 0 Å². The van der Waals surface area contributed by atoms with Gasteiger partial charge in [0.1, 0.15) is 5.82 Å². The molecule has 0 aliphatic rings. The van der Waals surface area contributed by atoms with Gasteiger partial charge in [-0.15, -0.1) is 0 Å². The fourth-order valence-electron chi connectivity index (χ4n) is 1.80. The highest BCUT2D eigenvalue weighted by Gasteiger charge is 2.20. The number of aliphatic imine (C=N–C) groups is 1. The number of anilines is 1. The highest BCUT2D eigenvalue weighted by atomic mass is 79.9. The maximum atomic E-state index is 13.3. The van der Waals surface area contributed by atoms with E-state index in [1.165, 1.54) is 30.6 Å². The summed E-state index contributed by atoms with van der Waals surface area (Å²) in [5.74, 6) is -1.28. The molecule has 0 spiro atoms. The summed E-state index contributed by atoms with van der Waals surface area (Å²) in [7, 11) is 0. The van der Waals surface area contributed by atoms with Crippen LogP contribution in [0.3, 0.4) is 0 Å². The van der Waals surface area contributed by atoms with Crippen LogP contribution < -0.4 is 10.8 Å². The zero-order chi connectivity index (χ0) is 17.8. The van der Waals surface area contributed by atoms with Crippen molar-refractivity contribution >= 4 is 39.2 Å². The number of nitrogens with zero attached hydrogens (tertiary/aromatic N) is 4. The molecule has 0 aliphatic carbocycles. The molecule has 3 rings (SSSR count). The number of imidazole rings is 1. The van der Waals surface area contributed by atoms with Crippen LogP contribution in [0.4, 0.5) is 15.9 Å². The van der Waals surface area contributed by atoms with Crippen LogP contribution in [0.2, 0.25) is 0 Å². The number of hydroxylamine groups is 1. The van der Waals surface area contributed by atoms with E-state index in [4.69, 9.17) is 0 Å². The lowest BCUT2D eigenvalue weighted by molar-refractivity contribution is 0.101. The van der Waals surface area contributed by atoms with Gasteiger partial charge in [0.2, 0.25) is 5.82 Å². The number of amides is 1. The number of aromatic amines is 1. The molecule has 1 aromatic carbocycles. The Kier molecular flexibility index (Phi) is 4.81. The fourth-order valence-corrected chi connectivity index (χ4v) is 2.16. The van der Waals surface area contributed by atoms with Gasteiger partial charge in [-0.3, -0.25) is 20.8 Å². The number of H-pyrrole nitrogens is 1. The summed E-state index contributed by atoms with van der Waals surface area (Å²) < 4.78 is 18.1. The average molecular weight is 410 g/mol. The van der Waals surface area contributed by atoms with Crippen LogP contribution >= 0.6 is 15.9 Å². The molecule has 0 fully saturated rings. The van der Waals surface area contributed by atoms with Gasteiger partial charge in [0, 0.05) is 12.4 Å². The predicted octanol–water partition coefficient (Wildman–Crippen LogP) is 2.00. The Hall–Kier alpha value is -3.12. The zero-order valence-electron chi connectivity index (χ0n) is 12.2. The van der Waals surface area contributed by atoms with E-state index in [1.54, 1.807) is 0 Å². The van der Waals surface area contributed by atoms with Gasteiger partial charge >= 0.3 is 0 Å². The highest BCUT2D eigenvalue weighted by Crippen LogP contribution is 2.23. The van der Waals surface area contributed by atoms with E-state index >= 15 is 0 Å². The number of amidine groups is 1. The number of hydrogen-bond donors (Lipinski definition) is 4. The van der Waals surface area contributed by atoms with Crippen LogP contribution in [-0.2, 0) is 0 Å². The SMILES string of the molecule is O=C(Nc1nonc1C(=Nc1ccc(F)c(Br)c1)NO)c1ncc[nH]1. The average Bonchev–Trinajstić information content (AvgIpc) is 3.27. The molecule has 0 radical (unpaired) electrons. The third-order valence-electron chi connectivity index (χ3n) is 2.91. The van der Waals surface area contributed by atoms with Crippen LogP contribution in [0.1, 0.15) is 16.3 Å². The van der Waals surface area contributed by atoms with Crippen LogP contribution in [-0.4, -0.2) is 37.2 Å². The molecule has 2 heterocycles. The topological polar surface area (TPSA) is 141 Å². The minimum absolute atomic E-state index is 0.0480. The first-order valence-electron chi connectivity index (χ1n) is 6.66. The molecular weight excluding hydrogens is 401 g/mol. The Labute approximate surface area is 147 Å². The summed E-state index contributed by atoms with van der Waals surface area (Å²) in [4.78, 5) is 22.5. The quantitative estimate of drug-likeness (QED) is 0.293. The summed E-state index contributed by atoms with van der Waals surface area (Å²) in [5.41, 5.74) is 2.07. The Morgan fingerprint density at radius 3 is 2.92 bits per heavy atom. The number of halogens is 2. The summed E-state index contributed by atoms with van der Waals surface area (Å²) in [5, 5.41) is 18.9. The minimum atomic E-state index is -0.594. The molecule has 0 aliphatic heterocycles. The van der Waals surface area contributed by atoms with Crippen LogP contribution in [0, 0.1) is 5.82 Å². The Balaban J connectivity index is 1.89. The Bertz CT molecular complexity index is 926. The van der Waals surface area contributed by atoms with Crippen LogP contribution in [0.15, 0.2) is 44.7 Å². The summed E-state index contributed by atoms with van der Waals surface area (Å²) in [6, 6.07) is 3.96. The standard InChI is InChI=1S/C13H9BrFN7O3/c14-7-5-6(1-2-8(7)15)18-10(20-24)9-11(22-25-21-9)19-13(23)12-16-3-4-17-12/h1-5,24H,(H,16,17)(H,18,20)(H,19,22,23). The molecule has 10 nitrogen and oxygen atoms in total. The molecule has 4 N–H and O–H groups in total. The first kappa shape index (κ1) is 16.7. The number of aromatic nitrogens is 4. The molecule has 0 saturated carbocycles. The normalized spacial score (nSPS) is 11.4. The van der Waals surface area contributed by atoms with Crippen molar-refractivity contribution in [2.24, 2.45) is 4.99 Å². The molecule has 3 aromatic rings. The molecule has 2 aromatic heterocycles. The number of nitrogens with one attached hydrogen (secondary N) is 3. The van der Waals surface area contributed by atoms with Gasteiger partial charge in [-0.05, 0) is 44.4 Å². The number of hydrogen-bond acceptors (Lipinski definition) is 7. The third kappa shape index (κ3) is 3.70. The van der Waals surface area contributed by atoms with Crippen molar-refractivity contribution in [1.82, 2.24) is 25.8 Å². The van der Waals surface area contributed by atoms with Gasteiger partial charge in [0.15, 0.2) is 17.4 Å². The van der Waals surface area contributed by atoms with Crippen LogP contribution in [0.5, 0.6) is 0 Å². The minimum Gasteiger partial charge on any atom is -0.341 e.